The summed E-state index contributed by atoms with van der Waals surface area (Å²) in [6.45, 7) is 5.32. The monoisotopic (exact) mass is 525 g/mol. The van der Waals surface area contributed by atoms with Crippen molar-refractivity contribution in [3.05, 3.63) is 59.5 Å². The van der Waals surface area contributed by atoms with Crippen molar-refractivity contribution in [3.63, 3.8) is 0 Å². The van der Waals surface area contributed by atoms with Crippen molar-refractivity contribution in [2.75, 3.05) is 32.8 Å². The number of hydrogen-bond acceptors (Lipinski definition) is 8. The molecule has 0 amide bonds. The molecule has 8 nitrogen and oxygen atoms in total. The summed E-state index contributed by atoms with van der Waals surface area (Å²) >= 11 is 0. The molecule has 1 atom stereocenters. The van der Waals surface area contributed by atoms with E-state index in [1.165, 1.54) is 11.1 Å². The lowest BCUT2D eigenvalue weighted by Gasteiger charge is -2.33. The van der Waals surface area contributed by atoms with Crippen molar-refractivity contribution in [3.8, 4) is 23.1 Å². The van der Waals surface area contributed by atoms with Crippen LogP contribution in [0.15, 0.2) is 51.3 Å². The van der Waals surface area contributed by atoms with Gasteiger partial charge >= 0.3 is 0 Å². The second-order valence-electron chi connectivity index (χ2n) is 9.76. The zero-order chi connectivity index (χ0) is 24.5. The number of ether oxygens (including phenoxy) is 2. The summed E-state index contributed by atoms with van der Waals surface area (Å²) in [5, 5.41) is 19.4. The van der Waals surface area contributed by atoms with Gasteiger partial charge in [-0.2, -0.15) is 0 Å². The van der Waals surface area contributed by atoms with Crippen LogP contribution < -0.4 is 9.47 Å². The number of rotatable bonds is 7. The molecule has 1 saturated heterocycles. The number of hydrogen-bond donors (Lipinski definition) is 1. The zero-order valence-electron chi connectivity index (χ0n) is 20.9. The van der Waals surface area contributed by atoms with E-state index in [4.69, 9.17) is 18.3 Å². The van der Waals surface area contributed by atoms with Crippen molar-refractivity contribution in [2.45, 2.75) is 44.6 Å². The third-order valence-electron chi connectivity index (χ3n) is 7.15. The summed E-state index contributed by atoms with van der Waals surface area (Å²) in [6, 6.07) is 14.2. The summed E-state index contributed by atoms with van der Waals surface area (Å²) in [5.41, 5.74) is 3.44. The number of likely N-dealkylation sites (tertiary alicyclic amines) is 1. The summed E-state index contributed by atoms with van der Waals surface area (Å²) in [5.74, 6) is 3.59. The van der Waals surface area contributed by atoms with E-state index in [1.807, 2.05) is 24.3 Å². The number of benzene rings is 2. The second-order valence-corrected chi connectivity index (χ2v) is 9.76. The molecule has 2 aromatic carbocycles. The first-order valence-corrected chi connectivity index (χ1v) is 12.7. The fourth-order valence-electron chi connectivity index (χ4n) is 5.28. The summed E-state index contributed by atoms with van der Waals surface area (Å²) in [4.78, 5) is 2.33. The fraction of sp³-hybridized carbons (Fsp3) is 0.429. The molecule has 4 aromatic rings. The highest BCUT2D eigenvalue weighted by molar-refractivity contribution is 5.87. The Labute approximate surface area is 222 Å². The summed E-state index contributed by atoms with van der Waals surface area (Å²) < 4.78 is 23.1. The van der Waals surface area contributed by atoms with Crippen molar-refractivity contribution >= 4 is 23.4 Å². The number of piperidine rings is 1. The molecule has 9 heteroatoms. The predicted molar refractivity (Wildman–Crippen MR) is 142 cm³/mol. The Hall–Kier alpha value is -3.07. The highest BCUT2D eigenvalue weighted by Crippen LogP contribution is 2.34. The maximum Gasteiger partial charge on any atom is 0.283 e. The van der Waals surface area contributed by atoms with Gasteiger partial charge in [0.25, 0.3) is 5.89 Å². The molecule has 4 heterocycles. The Morgan fingerprint density at radius 1 is 1.11 bits per heavy atom. The molecule has 0 saturated carbocycles. The van der Waals surface area contributed by atoms with Crippen LogP contribution in [-0.4, -0.2) is 59.2 Å². The maximum absolute atomic E-state index is 10.7. The number of aliphatic hydroxyl groups excluding tert-OH is 1. The van der Waals surface area contributed by atoms with Crippen LogP contribution in [0.3, 0.4) is 0 Å². The number of aryl methyl sites for hydroxylation is 2. The van der Waals surface area contributed by atoms with Crippen molar-refractivity contribution in [2.24, 2.45) is 0 Å². The molecule has 0 spiro atoms. The molecule has 37 heavy (non-hydrogen) atoms. The van der Waals surface area contributed by atoms with Crippen molar-refractivity contribution in [1.82, 2.24) is 15.1 Å². The molecule has 1 fully saturated rings. The first-order valence-electron chi connectivity index (χ1n) is 12.7. The topological polar surface area (TPSA) is 94.0 Å². The van der Waals surface area contributed by atoms with Gasteiger partial charge in [-0.15, -0.1) is 22.6 Å². The molecule has 0 bridgehead atoms. The molecule has 0 aliphatic carbocycles. The molecule has 2 aliphatic heterocycles. The third kappa shape index (κ3) is 5.61. The highest BCUT2D eigenvalue weighted by atomic mass is 35.5. The van der Waals surface area contributed by atoms with Crippen molar-refractivity contribution in [1.29, 1.82) is 0 Å². The summed E-state index contributed by atoms with van der Waals surface area (Å²) in [6.07, 6.45) is 3.82. The zero-order valence-corrected chi connectivity index (χ0v) is 21.7. The van der Waals surface area contributed by atoms with Gasteiger partial charge in [-0.05, 0) is 74.0 Å². The van der Waals surface area contributed by atoms with Crippen LogP contribution in [0, 0.1) is 6.92 Å². The number of aliphatic hydroxyl groups is 1. The first-order chi connectivity index (χ1) is 17.6. The van der Waals surface area contributed by atoms with Crippen molar-refractivity contribution < 1.29 is 23.4 Å². The SMILES string of the molecule is Cc1nnc(-c2cc3c(OC[C@@H](O)CN4CCC(c5ccc6c(c5)CCCO6)CC4)cccc3o2)o1.Cl. The second kappa shape index (κ2) is 11.1. The van der Waals surface area contributed by atoms with Gasteiger partial charge in [-0.3, -0.25) is 0 Å². The number of fused-ring (bicyclic) bond motifs is 2. The van der Waals surface area contributed by atoms with Crippen LogP contribution in [0.2, 0.25) is 0 Å². The average Bonchev–Trinajstić information content (AvgIpc) is 3.54. The number of furan rings is 1. The number of nitrogens with zero attached hydrogens (tertiary/aromatic N) is 3. The Kier molecular flexibility index (Phi) is 7.69. The largest absolute Gasteiger partial charge is 0.493 e. The molecular formula is C28H32ClN3O5. The molecular weight excluding hydrogens is 494 g/mol. The van der Waals surface area contributed by atoms with Crippen LogP contribution in [0.4, 0.5) is 0 Å². The highest BCUT2D eigenvalue weighted by Gasteiger charge is 2.24. The van der Waals surface area contributed by atoms with E-state index in [-0.39, 0.29) is 19.0 Å². The van der Waals surface area contributed by atoms with Crippen LogP contribution >= 0.6 is 12.4 Å². The molecule has 2 aliphatic rings. The Morgan fingerprint density at radius 2 is 1.97 bits per heavy atom. The minimum absolute atomic E-state index is 0. The van der Waals surface area contributed by atoms with E-state index in [2.05, 4.69) is 33.3 Å². The molecule has 2 aromatic heterocycles. The van der Waals surface area contributed by atoms with Gasteiger partial charge in [-0.25, -0.2) is 0 Å². The number of aromatic nitrogens is 2. The van der Waals surface area contributed by atoms with Gasteiger partial charge in [0.05, 0.1) is 12.0 Å². The van der Waals surface area contributed by atoms with Crippen LogP contribution in [0.1, 0.15) is 42.2 Å². The number of halogens is 1. The Balaban J connectivity index is 0.00000280. The van der Waals surface area contributed by atoms with E-state index in [1.54, 1.807) is 6.92 Å². The Bertz CT molecular complexity index is 1340. The van der Waals surface area contributed by atoms with Crippen LogP contribution in [-0.2, 0) is 6.42 Å². The fourth-order valence-corrected chi connectivity index (χ4v) is 5.28. The standard InChI is InChI=1S/C28H31N3O5.ClH/c1-18-29-30-28(35-18)27-15-23-25(5-2-6-26(23)36-27)34-17-22(32)16-31-11-9-19(10-12-31)20-7-8-24-21(14-20)4-3-13-33-24;/h2,5-8,14-15,19,22,32H,3-4,9-13,16-17H2,1H3;1H/t22-;/m0./s1. The average molecular weight is 526 g/mol. The predicted octanol–water partition coefficient (Wildman–Crippen LogP) is 5.16. The molecule has 196 valence electrons. The van der Waals surface area contributed by atoms with Crippen LogP contribution in [0.5, 0.6) is 11.5 Å². The van der Waals surface area contributed by atoms with Gasteiger partial charge in [0.2, 0.25) is 5.89 Å². The lowest BCUT2D eigenvalue weighted by molar-refractivity contribution is 0.0599. The van der Waals surface area contributed by atoms with Crippen LogP contribution in [0.25, 0.3) is 22.6 Å². The molecule has 1 N–H and O–H groups in total. The van der Waals surface area contributed by atoms with Gasteiger partial charge in [0.1, 0.15) is 29.8 Å². The van der Waals surface area contributed by atoms with E-state index in [9.17, 15) is 5.11 Å². The minimum atomic E-state index is -0.581. The van der Waals surface area contributed by atoms with E-state index < -0.39 is 6.10 Å². The molecule has 0 unspecified atom stereocenters. The van der Waals surface area contributed by atoms with Gasteiger partial charge in [0.15, 0.2) is 5.76 Å². The van der Waals surface area contributed by atoms with E-state index >= 15 is 0 Å². The lowest BCUT2D eigenvalue weighted by Crippen LogP contribution is -2.40. The lowest BCUT2D eigenvalue weighted by atomic mass is 9.87. The molecule has 0 radical (unpaired) electrons. The van der Waals surface area contributed by atoms with E-state index in [0.29, 0.717) is 41.3 Å². The first kappa shape index (κ1) is 25.6. The minimum Gasteiger partial charge on any atom is -0.493 e. The maximum atomic E-state index is 10.7. The summed E-state index contributed by atoms with van der Waals surface area (Å²) in [7, 11) is 0. The Morgan fingerprint density at radius 3 is 2.78 bits per heavy atom. The van der Waals surface area contributed by atoms with E-state index in [0.717, 1.165) is 56.5 Å². The normalized spacial score (nSPS) is 17.1. The van der Waals surface area contributed by atoms with Gasteiger partial charge in [-0.1, -0.05) is 18.2 Å². The molecule has 6 rings (SSSR count). The quantitative estimate of drug-likeness (QED) is 0.354. The van der Waals surface area contributed by atoms with Gasteiger partial charge < -0.3 is 28.3 Å². The van der Waals surface area contributed by atoms with Gasteiger partial charge in [0, 0.05) is 19.5 Å². The number of β-amino-alcohol motifs (C(OH)–C–C–N with tert-alkyl or cyclic N) is 1. The third-order valence-corrected chi connectivity index (χ3v) is 7.15. The smallest absolute Gasteiger partial charge is 0.283 e.